The molecule has 1 aliphatic heterocycles. The van der Waals surface area contributed by atoms with E-state index in [4.69, 9.17) is 4.74 Å². The highest BCUT2D eigenvalue weighted by molar-refractivity contribution is 5.74. The van der Waals surface area contributed by atoms with Crippen LogP contribution in [0.4, 0.5) is 4.79 Å². The van der Waals surface area contributed by atoms with E-state index in [0.717, 1.165) is 45.4 Å². The number of amides is 2. The van der Waals surface area contributed by atoms with Gasteiger partial charge in [-0.3, -0.25) is 0 Å². The number of rotatable bonds is 8. The summed E-state index contributed by atoms with van der Waals surface area (Å²) in [6.45, 7) is 3.10. The first kappa shape index (κ1) is 19.7. The minimum absolute atomic E-state index is 0.0711. The molecule has 0 unspecified atom stereocenters. The third-order valence-corrected chi connectivity index (χ3v) is 4.81. The lowest BCUT2D eigenvalue weighted by Gasteiger charge is -2.36. The fourth-order valence-electron chi connectivity index (χ4n) is 3.53. The fourth-order valence-corrected chi connectivity index (χ4v) is 3.53. The number of likely N-dealkylation sites (tertiary alicyclic amines) is 1. The van der Waals surface area contributed by atoms with Crippen molar-refractivity contribution in [3.8, 4) is 0 Å². The van der Waals surface area contributed by atoms with E-state index >= 15 is 0 Å². The minimum Gasteiger partial charge on any atom is -0.385 e. The number of carbonyl (C=O) groups is 1. The van der Waals surface area contributed by atoms with Crippen molar-refractivity contribution in [2.75, 3.05) is 34.4 Å². The number of nitrogens with one attached hydrogen (secondary N) is 1. The Morgan fingerprint density at radius 1 is 1.28 bits per heavy atom. The van der Waals surface area contributed by atoms with Gasteiger partial charge in [0, 0.05) is 39.4 Å². The van der Waals surface area contributed by atoms with Gasteiger partial charge in [0.2, 0.25) is 0 Å². The first-order valence-corrected chi connectivity index (χ1v) is 9.36. The Morgan fingerprint density at radius 3 is 2.76 bits per heavy atom. The zero-order valence-electron chi connectivity index (χ0n) is 16.0. The van der Waals surface area contributed by atoms with E-state index in [1.165, 1.54) is 17.5 Å². The van der Waals surface area contributed by atoms with Crippen LogP contribution < -0.4 is 5.32 Å². The summed E-state index contributed by atoms with van der Waals surface area (Å²) in [5, 5.41) is 3.14. The monoisotopic (exact) mass is 347 g/mol. The van der Waals surface area contributed by atoms with Crippen LogP contribution in [0.2, 0.25) is 0 Å². The van der Waals surface area contributed by atoms with Crippen molar-refractivity contribution in [3.05, 3.63) is 35.4 Å². The van der Waals surface area contributed by atoms with Crippen LogP contribution >= 0.6 is 0 Å². The van der Waals surface area contributed by atoms with Crippen molar-refractivity contribution < 1.29 is 9.53 Å². The number of urea groups is 1. The lowest BCUT2D eigenvalue weighted by Crippen LogP contribution is -2.48. The smallest absolute Gasteiger partial charge is 0.317 e. The summed E-state index contributed by atoms with van der Waals surface area (Å²) >= 11 is 0. The van der Waals surface area contributed by atoms with Gasteiger partial charge in [-0.25, -0.2) is 4.79 Å². The molecular formula is C20H33N3O2. The minimum atomic E-state index is 0.0711. The van der Waals surface area contributed by atoms with E-state index in [0.29, 0.717) is 12.6 Å². The van der Waals surface area contributed by atoms with E-state index in [2.05, 4.69) is 42.5 Å². The molecule has 2 amide bonds. The van der Waals surface area contributed by atoms with Gasteiger partial charge in [0.05, 0.1) is 0 Å². The van der Waals surface area contributed by atoms with Gasteiger partial charge in [-0.15, -0.1) is 0 Å². The number of hydrogen-bond donors (Lipinski definition) is 1. The van der Waals surface area contributed by atoms with Gasteiger partial charge < -0.3 is 19.9 Å². The molecule has 1 atom stereocenters. The zero-order valence-corrected chi connectivity index (χ0v) is 16.0. The van der Waals surface area contributed by atoms with Crippen molar-refractivity contribution in [2.24, 2.45) is 0 Å². The molecule has 0 saturated carbocycles. The molecule has 5 nitrogen and oxygen atoms in total. The quantitative estimate of drug-likeness (QED) is 0.734. The Balaban J connectivity index is 1.92. The summed E-state index contributed by atoms with van der Waals surface area (Å²) in [6.07, 6.45) is 5.46. The van der Waals surface area contributed by atoms with Gasteiger partial charge in [0.1, 0.15) is 0 Å². The van der Waals surface area contributed by atoms with Crippen LogP contribution in [0.25, 0.3) is 0 Å². The van der Waals surface area contributed by atoms with Crippen LogP contribution in [0.1, 0.15) is 43.2 Å². The number of carbonyl (C=O) groups excluding carboxylic acids is 1. The molecule has 1 heterocycles. The molecule has 1 aromatic carbocycles. The maximum Gasteiger partial charge on any atom is 0.317 e. The van der Waals surface area contributed by atoms with E-state index in [1.54, 1.807) is 7.11 Å². The lowest BCUT2D eigenvalue weighted by molar-refractivity contribution is 0.133. The molecule has 140 valence electrons. The van der Waals surface area contributed by atoms with Gasteiger partial charge in [0.25, 0.3) is 0 Å². The number of ether oxygens (including phenoxy) is 1. The highest BCUT2D eigenvalue weighted by atomic mass is 16.5. The Bertz CT molecular complexity index is 533. The lowest BCUT2D eigenvalue weighted by atomic mass is 9.98. The number of nitrogens with zero attached hydrogens (tertiary/aromatic N) is 2. The molecule has 2 rings (SSSR count). The molecule has 1 fully saturated rings. The highest BCUT2D eigenvalue weighted by Crippen LogP contribution is 2.21. The van der Waals surface area contributed by atoms with Crippen molar-refractivity contribution in [1.82, 2.24) is 15.1 Å². The topological polar surface area (TPSA) is 44.8 Å². The molecule has 25 heavy (non-hydrogen) atoms. The van der Waals surface area contributed by atoms with Crippen molar-refractivity contribution in [1.29, 1.82) is 0 Å². The summed E-state index contributed by atoms with van der Waals surface area (Å²) in [6, 6.07) is 8.75. The summed E-state index contributed by atoms with van der Waals surface area (Å²) < 4.78 is 5.16. The van der Waals surface area contributed by atoms with Crippen LogP contribution in [0.15, 0.2) is 24.3 Å². The second kappa shape index (κ2) is 10.4. The van der Waals surface area contributed by atoms with E-state index < -0.39 is 0 Å². The summed E-state index contributed by atoms with van der Waals surface area (Å²) in [5.41, 5.74) is 2.46. The molecule has 1 aromatic rings. The van der Waals surface area contributed by atoms with Gasteiger partial charge in [0.15, 0.2) is 0 Å². The van der Waals surface area contributed by atoms with Crippen LogP contribution in [-0.4, -0.2) is 56.2 Å². The van der Waals surface area contributed by atoms with E-state index in [1.807, 2.05) is 11.0 Å². The third-order valence-electron chi connectivity index (χ3n) is 4.81. The van der Waals surface area contributed by atoms with Gasteiger partial charge >= 0.3 is 6.03 Å². The average molecular weight is 348 g/mol. The average Bonchev–Trinajstić information content (AvgIpc) is 2.61. The standard InChI is InChI=1S/C20H33N3O2/c1-22(2)16-18-10-5-4-9-17(18)15-21-20(24)23-13-7-6-11-19(23)12-8-14-25-3/h4-5,9-10,19H,6-8,11-16H2,1-3H3,(H,21,24)/t19-/m1/s1. The number of piperidine rings is 1. The highest BCUT2D eigenvalue weighted by Gasteiger charge is 2.26. The first-order chi connectivity index (χ1) is 12.1. The molecule has 1 aliphatic rings. The second-order valence-corrected chi connectivity index (χ2v) is 7.14. The molecule has 0 aromatic heterocycles. The summed E-state index contributed by atoms with van der Waals surface area (Å²) in [4.78, 5) is 16.9. The second-order valence-electron chi connectivity index (χ2n) is 7.14. The predicted molar refractivity (Wildman–Crippen MR) is 102 cm³/mol. The van der Waals surface area contributed by atoms with Gasteiger partial charge in [-0.05, 0) is 57.3 Å². The van der Waals surface area contributed by atoms with Crippen molar-refractivity contribution in [3.63, 3.8) is 0 Å². The Kier molecular flexibility index (Phi) is 8.22. The third kappa shape index (κ3) is 6.33. The zero-order chi connectivity index (χ0) is 18.1. The number of hydrogen-bond acceptors (Lipinski definition) is 3. The predicted octanol–water partition coefficient (Wildman–Crippen LogP) is 3.24. The number of benzene rings is 1. The molecule has 1 saturated heterocycles. The van der Waals surface area contributed by atoms with E-state index in [9.17, 15) is 4.79 Å². The van der Waals surface area contributed by atoms with Crippen LogP contribution in [0.3, 0.4) is 0 Å². The maximum atomic E-state index is 12.7. The van der Waals surface area contributed by atoms with Crippen molar-refractivity contribution >= 4 is 6.03 Å². The Labute approximate surface area is 152 Å². The Morgan fingerprint density at radius 2 is 2.04 bits per heavy atom. The molecule has 1 N–H and O–H groups in total. The fraction of sp³-hybridized carbons (Fsp3) is 0.650. The van der Waals surface area contributed by atoms with Crippen molar-refractivity contribution in [2.45, 2.75) is 51.2 Å². The summed E-state index contributed by atoms with van der Waals surface area (Å²) in [7, 11) is 5.86. The number of methoxy groups -OCH3 is 1. The Hall–Kier alpha value is -1.59. The van der Waals surface area contributed by atoms with Gasteiger partial charge in [-0.2, -0.15) is 0 Å². The van der Waals surface area contributed by atoms with Crippen LogP contribution in [-0.2, 0) is 17.8 Å². The molecule has 0 radical (unpaired) electrons. The van der Waals surface area contributed by atoms with Crippen LogP contribution in [0.5, 0.6) is 0 Å². The molecule has 0 bridgehead atoms. The molecule has 0 aliphatic carbocycles. The van der Waals surface area contributed by atoms with Crippen LogP contribution in [0, 0.1) is 0 Å². The molecular weight excluding hydrogens is 314 g/mol. The molecule has 5 heteroatoms. The SMILES string of the molecule is COCCC[C@H]1CCCCN1C(=O)NCc1ccccc1CN(C)C. The molecule has 0 spiro atoms. The summed E-state index contributed by atoms with van der Waals surface area (Å²) in [5.74, 6) is 0. The largest absolute Gasteiger partial charge is 0.385 e. The maximum absolute atomic E-state index is 12.7. The van der Waals surface area contributed by atoms with Gasteiger partial charge in [-0.1, -0.05) is 24.3 Å². The normalized spacial score (nSPS) is 17.8. The van der Waals surface area contributed by atoms with E-state index in [-0.39, 0.29) is 6.03 Å². The first-order valence-electron chi connectivity index (χ1n) is 9.36.